The van der Waals surface area contributed by atoms with Crippen molar-refractivity contribution < 1.29 is 16.8 Å². The molecule has 1 fully saturated rings. The van der Waals surface area contributed by atoms with Crippen molar-refractivity contribution in [2.75, 3.05) is 6.54 Å². The van der Waals surface area contributed by atoms with Gasteiger partial charge in [0.15, 0.2) is 0 Å². The fourth-order valence-corrected chi connectivity index (χ4v) is 4.59. The minimum atomic E-state index is -4.07. The molecule has 0 atom stereocenters. The summed E-state index contributed by atoms with van der Waals surface area (Å²) in [6.45, 7) is 0.311. The van der Waals surface area contributed by atoms with Gasteiger partial charge in [-0.15, -0.1) is 0 Å². The molecule has 1 aliphatic rings. The summed E-state index contributed by atoms with van der Waals surface area (Å²) >= 11 is 0. The predicted octanol–water partition coefficient (Wildman–Crippen LogP) is 0.802. The third-order valence-corrected chi connectivity index (χ3v) is 6.13. The van der Waals surface area contributed by atoms with Crippen LogP contribution in [0, 0.1) is 5.92 Å². The maximum atomic E-state index is 12.2. The zero-order chi connectivity index (χ0) is 14.8. The molecular formula is C12H18N2O4S2. The highest BCUT2D eigenvalue weighted by molar-refractivity contribution is 7.92. The molecule has 1 saturated carbocycles. The van der Waals surface area contributed by atoms with Crippen molar-refractivity contribution >= 4 is 20.0 Å². The zero-order valence-electron chi connectivity index (χ0n) is 10.9. The Kier molecular flexibility index (Phi) is 4.48. The van der Waals surface area contributed by atoms with Gasteiger partial charge in [-0.3, -0.25) is 0 Å². The number of benzene rings is 1. The van der Waals surface area contributed by atoms with Crippen molar-refractivity contribution in [2.24, 2.45) is 11.1 Å². The first-order chi connectivity index (χ1) is 9.31. The molecule has 2 rings (SSSR count). The molecular weight excluding hydrogens is 300 g/mol. The Balaban J connectivity index is 2.16. The topological polar surface area (TPSA) is 106 Å². The molecule has 20 heavy (non-hydrogen) atoms. The van der Waals surface area contributed by atoms with Crippen LogP contribution in [-0.4, -0.2) is 23.4 Å². The van der Waals surface area contributed by atoms with E-state index in [4.69, 9.17) is 5.14 Å². The summed E-state index contributed by atoms with van der Waals surface area (Å²) in [4.78, 5) is -0.674. The molecule has 0 spiro atoms. The van der Waals surface area contributed by atoms with E-state index in [2.05, 4.69) is 4.72 Å². The molecule has 6 nitrogen and oxygen atoms in total. The summed E-state index contributed by atoms with van der Waals surface area (Å²) in [5, 5.41) is 5.04. The van der Waals surface area contributed by atoms with E-state index in [9.17, 15) is 16.8 Å². The molecule has 1 aromatic carbocycles. The second-order valence-electron chi connectivity index (χ2n) is 4.98. The van der Waals surface area contributed by atoms with Crippen molar-refractivity contribution in [1.29, 1.82) is 0 Å². The Bertz CT molecular complexity index is 679. The SMILES string of the molecule is NS(=O)(=O)c1ccccc1S(=O)(=O)NCCC1CCC1. The molecule has 0 aromatic heterocycles. The van der Waals surface area contributed by atoms with E-state index in [0.29, 0.717) is 12.5 Å². The van der Waals surface area contributed by atoms with E-state index in [1.807, 2.05) is 0 Å². The van der Waals surface area contributed by atoms with Gasteiger partial charge in [-0.25, -0.2) is 26.7 Å². The lowest BCUT2D eigenvalue weighted by Gasteiger charge is -2.25. The van der Waals surface area contributed by atoms with Crippen molar-refractivity contribution in [3.05, 3.63) is 24.3 Å². The van der Waals surface area contributed by atoms with Gasteiger partial charge >= 0.3 is 0 Å². The van der Waals surface area contributed by atoms with Gasteiger partial charge in [0, 0.05) is 6.54 Å². The first kappa shape index (κ1) is 15.4. The highest BCUT2D eigenvalue weighted by atomic mass is 32.2. The maximum Gasteiger partial charge on any atom is 0.241 e. The van der Waals surface area contributed by atoms with E-state index in [1.165, 1.54) is 30.7 Å². The number of primary sulfonamides is 1. The van der Waals surface area contributed by atoms with Crippen LogP contribution in [0.3, 0.4) is 0 Å². The normalized spacial score (nSPS) is 16.9. The second-order valence-corrected chi connectivity index (χ2v) is 8.24. The Hall–Kier alpha value is -0.960. The highest BCUT2D eigenvalue weighted by Crippen LogP contribution is 2.29. The van der Waals surface area contributed by atoms with Gasteiger partial charge in [-0.1, -0.05) is 31.4 Å². The average molecular weight is 318 g/mol. The summed E-state index contributed by atoms with van der Waals surface area (Å²) < 4.78 is 49.6. The van der Waals surface area contributed by atoms with Crippen LogP contribution in [0.15, 0.2) is 34.1 Å². The molecule has 0 unspecified atom stereocenters. The molecule has 112 valence electrons. The average Bonchev–Trinajstić information content (AvgIpc) is 2.31. The summed E-state index contributed by atoms with van der Waals surface area (Å²) in [6, 6.07) is 5.34. The summed E-state index contributed by atoms with van der Waals surface area (Å²) in [5.41, 5.74) is 0. The lowest BCUT2D eigenvalue weighted by Crippen LogP contribution is -2.29. The van der Waals surface area contributed by atoms with Gasteiger partial charge < -0.3 is 0 Å². The van der Waals surface area contributed by atoms with Crippen molar-refractivity contribution in [2.45, 2.75) is 35.5 Å². The number of sulfonamides is 2. The Labute approximate surface area is 119 Å². The van der Waals surface area contributed by atoms with Crippen LogP contribution in [0.4, 0.5) is 0 Å². The lowest BCUT2D eigenvalue weighted by molar-refractivity contribution is 0.297. The van der Waals surface area contributed by atoms with Crippen LogP contribution >= 0.6 is 0 Å². The molecule has 0 heterocycles. The number of hydrogen-bond acceptors (Lipinski definition) is 4. The van der Waals surface area contributed by atoms with E-state index in [1.54, 1.807) is 0 Å². The zero-order valence-corrected chi connectivity index (χ0v) is 12.6. The minimum Gasteiger partial charge on any atom is -0.225 e. The molecule has 3 N–H and O–H groups in total. The van der Waals surface area contributed by atoms with Gasteiger partial charge in [0.05, 0.1) is 0 Å². The first-order valence-electron chi connectivity index (χ1n) is 6.42. The smallest absolute Gasteiger partial charge is 0.225 e. The van der Waals surface area contributed by atoms with Crippen LogP contribution in [0.2, 0.25) is 0 Å². The van der Waals surface area contributed by atoms with E-state index < -0.39 is 20.0 Å². The van der Waals surface area contributed by atoms with Gasteiger partial charge in [-0.05, 0) is 24.5 Å². The van der Waals surface area contributed by atoms with Crippen molar-refractivity contribution in [3.63, 3.8) is 0 Å². The van der Waals surface area contributed by atoms with Gasteiger partial charge in [0.1, 0.15) is 9.79 Å². The van der Waals surface area contributed by atoms with Gasteiger partial charge in [0.25, 0.3) is 0 Å². The Morgan fingerprint density at radius 1 is 1.10 bits per heavy atom. The van der Waals surface area contributed by atoms with Crippen LogP contribution in [0.25, 0.3) is 0 Å². The number of nitrogens with one attached hydrogen (secondary N) is 1. The minimum absolute atomic E-state index is 0.295. The van der Waals surface area contributed by atoms with Crippen LogP contribution < -0.4 is 9.86 Å². The summed E-state index contributed by atoms with van der Waals surface area (Å²) in [5.74, 6) is 0.575. The molecule has 8 heteroatoms. The predicted molar refractivity (Wildman–Crippen MR) is 75.0 cm³/mol. The van der Waals surface area contributed by atoms with Gasteiger partial charge in [-0.2, -0.15) is 0 Å². The molecule has 0 saturated heterocycles. The molecule has 1 aliphatic carbocycles. The third-order valence-electron chi connectivity index (χ3n) is 3.51. The van der Waals surface area contributed by atoms with Gasteiger partial charge in [0.2, 0.25) is 20.0 Å². The van der Waals surface area contributed by atoms with Crippen LogP contribution in [-0.2, 0) is 20.0 Å². The Morgan fingerprint density at radius 2 is 1.70 bits per heavy atom. The largest absolute Gasteiger partial charge is 0.241 e. The molecule has 0 aliphatic heterocycles. The number of rotatable bonds is 6. The lowest BCUT2D eigenvalue weighted by atomic mass is 9.83. The van der Waals surface area contributed by atoms with Crippen molar-refractivity contribution in [3.8, 4) is 0 Å². The maximum absolute atomic E-state index is 12.2. The Morgan fingerprint density at radius 3 is 2.20 bits per heavy atom. The third kappa shape index (κ3) is 3.57. The summed E-state index contributed by atoms with van der Waals surface area (Å²) in [6.07, 6.45) is 4.24. The van der Waals surface area contributed by atoms with Crippen LogP contribution in [0.5, 0.6) is 0 Å². The molecule has 1 aromatic rings. The van der Waals surface area contributed by atoms with Crippen LogP contribution in [0.1, 0.15) is 25.7 Å². The highest BCUT2D eigenvalue weighted by Gasteiger charge is 2.24. The first-order valence-corrected chi connectivity index (χ1v) is 9.45. The van der Waals surface area contributed by atoms with E-state index in [0.717, 1.165) is 19.3 Å². The number of hydrogen-bond donors (Lipinski definition) is 2. The van der Waals surface area contributed by atoms with Crippen molar-refractivity contribution in [1.82, 2.24) is 4.72 Å². The standard InChI is InChI=1S/C12H18N2O4S2/c13-19(15,16)11-6-1-2-7-12(11)20(17,18)14-9-8-10-4-3-5-10/h1-2,6-7,10,14H,3-5,8-9H2,(H2,13,15,16). The fraction of sp³-hybridized carbons (Fsp3) is 0.500. The number of nitrogens with two attached hydrogens (primary N) is 1. The monoisotopic (exact) mass is 318 g/mol. The fourth-order valence-electron chi connectivity index (χ4n) is 2.16. The van der Waals surface area contributed by atoms with E-state index in [-0.39, 0.29) is 9.79 Å². The molecule has 0 bridgehead atoms. The van der Waals surface area contributed by atoms with E-state index >= 15 is 0 Å². The molecule has 0 amide bonds. The summed E-state index contributed by atoms with van der Waals surface area (Å²) in [7, 11) is -7.93. The second kappa shape index (κ2) is 5.80. The quantitative estimate of drug-likeness (QED) is 0.809. The molecule has 0 radical (unpaired) electrons.